The van der Waals surface area contributed by atoms with E-state index in [9.17, 15) is 14.0 Å². The van der Waals surface area contributed by atoms with Gasteiger partial charge in [-0.15, -0.1) is 0 Å². The molecule has 4 rings (SSSR count). The molecule has 0 radical (unpaired) electrons. The molecule has 31 heavy (non-hydrogen) atoms. The molecule has 0 saturated heterocycles. The Hall–Kier alpha value is -2.93. The lowest BCUT2D eigenvalue weighted by atomic mass is 9.96. The number of amides is 1. The summed E-state index contributed by atoms with van der Waals surface area (Å²) in [5, 5.41) is 12.5. The van der Waals surface area contributed by atoms with E-state index in [4.69, 9.17) is 9.84 Å². The largest absolute Gasteiger partial charge is 0.497 e. The summed E-state index contributed by atoms with van der Waals surface area (Å²) in [6.45, 7) is 0.834. The van der Waals surface area contributed by atoms with Crippen LogP contribution in [0, 0.1) is 5.82 Å². The molecule has 0 bridgehead atoms. The van der Waals surface area contributed by atoms with Gasteiger partial charge in [0.1, 0.15) is 11.6 Å². The summed E-state index contributed by atoms with van der Waals surface area (Å²) in [5.74, 6) is -0.866. The van der Waals surface area contributed by atoms with Crippen LogP contribution in [0.25, 0.3) is 0 Å². The summed E-state index contributed by atoms with van der Waals surface area (Å²) in [6.07, 6.45) is 2.55. The molecule has 2 N–H and O–H groups in total. The number of aliphatic carboxylic acids is 1. The van der Waals surface area contributed by atoms with Crippen LogP contribution in [0.5, 0.6) is 5.75 Å². The summed E-state index contributed by atoms with van der Waals surface area (Å²) in [6, 6.07) is 12.7. The van der Waals surface area contributed by atoms with Crippen LogP contribution in [-0.4, -0.2) is 37.2 Å². The zero-order valence-corrected chi connectivity index (χ0v) is 17.6. The lowest BCUT2D eigenvalue weighted by Gasteiger charge is -2.21. The second-order valence-electron chi connectivity index (χ2n) is 8.30. The predicted octanol–water partition coefficient (Wildman–Crippen LogP) is 3.80. The van der Waals surface area contributed by atoms with Crippen LogP contribution in [-0.2, 0) is 15.1 Å². The summed E-state index contributed by atoms with van der Waals surface area (Å²) in [7, 11) is 1.64. The fourth-order valence-electron chi connectivity index (χ4n) is 4.50. The molecule has 1 heterocycles. The number of anilines is 1. The standard InChI is InChI=1S/C24H27FN2O4/c1-31-18-5-2-4-17(14-18)24(11-12-24)26-13-10-21(28)27-15-16(8-9-22(29)30)23-19(25)6-3-7-20(23)27/h2-7,14,16,26H,8-13,15H2,1H3,(H,29,30). The van der Waals surface area contributed by atoms with Gasteiger partial charge < -0.3 is 20.1 Å². The number of nitrogens with one attached hydrogen (secondary N) is 1. The van der Waals surface area contributed by atoms with Gasteiger partial charge in [0.15, 0.2) is 0 Å². The molecule has 2 aromatic carbocycles. The molecule has 1 aliphatic heterocycles. The molecule has 2 aromatic rings. The number of nitrogens with zero attached hydrogens (tertiary/aromatic N) is 1. The van der Waals surface area contributed by atoms with Crippen LogP contribution in [0.2, 0.25) is 0 Å². The molecule has 1 amide bonds. The van der Waals surface area contributed by atoms with Gasteiger partial charge in [-0.1, -0.05) is 18.2 Å². The molecule has 164 valence electrons. The molecule has 0 spiro atoms. The Morgan fingerprint density at radius 3 is 2.71 bits per heavy atom. The molecule has 1 aliphatic carbocycles. The van der Waals surface area contributed by atoms with Crippen molar-refractivity contribution in [3.63, 3.8) is 0 Å². The van der Waals surface area contributed by atoms with E-state index in [0.29, 0.717) is 30.8 Å². The van der Waals surface area contributed by atoms with E-state index < -0.39 is 5.97 Å². The van der Waals surface area contributed by atoms with Crippen LogP contribution >= 0.6 is 0 Å². The maximum Gasteiger partial charge on any atom is 0.303 e. The minimum atomic E-state index is -0.917. The molecule has 2 aliphatic rings. The number of carboxylic acid groups (broad SMARTS) is 1. The van der Waals surface area contributed by atoms with Gasteiger partial charge in [-0.2, -0.15) is 0 Å². The summed E-state index contributed by atoms with van der Waals surface area (Å²) < 4.78 is 19.8. The van der Waals surface area contributed by atoms with Crippen LogP contribution in [0.3, 0.4) is 0 Å². The summed E-state index contributed by atoms with van der Waals surface area (Å²) >= 11 is 0. The van der Waals surface area contributed by atoms with E-state index >= 15 is 0 Å². The quantitative estimate of drug-likeness (QED) is 0.638. The fraction of sp³-hybridized carbons (Fsp3) is 0.417. The van der Waals surface area contributed by atoms with E-state index in [0.717, 1.165) is 24.2 Å². The zero-order valence-electron chi connectivity index (χ0n) is 17.6. The van der Waals surface area contributed by atoms with Crippen LogP contribution < -0.4 is 15.0 Å². The van der Waals surface area contributed by atoms with Gasteiger partial charge >= 0.3 is 5.97 Å². The van der Waals surface area contributed by atoms with Crippen molar-refractivity contribution in [2.45, 2.75) is 43.6 Å². The number of benzene rings is 2. The number of ether oxygens (including phenoxy) is 1. The summed E-state index contributed by atoms with van der Waals surface area (Å²) in [5.41, 5.74) is 2.06. The van der Waals surface area contributed by atoms with Crippen LogP contribution in [0.15, 0.2) is 42.5 Å². The average Bonchev–Trinajstić information content (AvgIpc) is 3.45. The second kappa shape index (κ2) is 8.67. The van der Waals surface area contributed by atoms with Crippen molar-refractivity contribution in [3.8, 4) is 5.75 Å². The van der Waals surface area contributed by atoms with Crippen molar-refractivity contribution in [2.24, 2.45) is 0 Å². The van der Waals surface area contributed by atoms with Crippen molar-refractivity contribution in [1.29, 1.82) is 0 Å². The smallest absolute Gasteiger partial charge is 0.303 e. The molecular weight excluding hydrogens is 399 g/mol. The van der Waals surface area contributed by atoms with Gasteiger partial charge in [-0.05, 0) is 49.1 Å². The Morgan fingerprint density at radius 2 is 2.00 bits per heavy atom. The fourth-order valence-corrected chi connectivity index (χ4v) is 4.50. The van der Waals surface area contributed by atoms with Gasteiger partial charge in [0.25, 0.3) is 0 Å². The van der Waals surface area contributed by atoms with Crippen molar-refractivity contribution in [2.75, 3.05) is 25.1 Å². The highest BCUT2D eigenvalue weighted by molar-refractivity contribution is 5.96. The lowest BCUT2D eigenvalue weighted by molar-refractivity contribution is -0.137. The van der Waals surface area contributed by atoms with Crippen molar-refractivity contribution >= 4 is 17.6 Å². The van der Waals surface area contributed by atoms with Crippen molar-refractivity contribution < 1.29 is 23.8 Å². The average molecular weight is 426 g/mol. The number of methoxy groups -OCH3 is 1. The Kier molecular flexibility index (Phi) is 5.96. The SMILES string of the molecule is COc1cccc(C2(NCCC(=O)N3CC(CCC(=O)O)c4c(F)cccc43)CC2)c1. The number of rotatable bonds is 9. The summed E-state index contributed by atoms with van der Waals surface area (Å²) in [4.78, 5) is 25.6. The number of halogens is 1. The van der Waals surface area contributed by atoms with E-state index in [-0.39, 0.29) is 36.0 Å². The molecule has 1 unspecified atom stereocenters. The van der Waals surface area contributed by atoms with E-state index in [1.165, 1.54) is 6.07 Å². The predicted molar refractivity (Wildman–Crippen MR) is 115 cm³/mol. The molecule has 1 atom stereocenters. The van der Waals surface area contributed by atoms with Gasteiger partial charge in [-0.3, -0.25) is 9.59 Å². The number of fused-ring (bicyclic) bond motifs is 1. The first-order valence-corrected chi connectivity index (χ1v) is 10.6. The highest BCUT2D eigenvalue weighted by Crippen LogP contribution is 2.46. The molecule has 6 nitrogen and oxygen atoms in total. The highest BCUT2D eigenvalue weighted by Gasteiger charge is 2.44. The van der Waals surface area contributed by atoms with Crippen LogP contribution in [0.4, 0.5) is 10.1 Å². The highest BCUT2D eigenvalue weighted by atomic mass is 19.1. The minimum absolute atomic E-state index is 0.0505. The number of carboxylic acids is 1. The number of hydrogen-bond acceptors (Lipinski definition) is 4. The maximum absolute atomic E-state index is 14.5. The van der Waals surface area contributed by atoms with Crippen molar-refractivity contribution in [3.05, 3.63) is 59.4 Å². The van der Waals surface area contributed by atoms with E-state index in [1.807, 2.05) is 18.2 Å². The third kappa shape index (κ3) is 4.42. The normalized spacial score (nSPS) is 18.5. The Bertz CT molecular complexity index is 989. The first-order valence-electron chi connectivity index (χ1n) is 10.6. The molecular formula is C24H27FN2O4. The third-order valence-corrected chi connectivity index (χ3v) is 6.31. The van der Waals surface area contributed by atoms with Gasteiger partial charge in [0.2, 0.25) is 5.91 Å². The van der Waals surface area contributed by atoms with Gasteiger partial charge in [0, 0.05) is 43.0 Å². The molecule has 1 saturated carbocycles. The Balaban J connectivity index is 1.40. The Morgan fingerprint density at radius 1 is 1.23 bits per heavy atom. The first kappa shape index (κ1) is 21.3. The monoisotopic (exact) mass is 426 g/mol. The molecule has 0 aromatic heterocycles. The topological polar surface area (TPSA) is 78.9 Å². The Labute approximate surface area is 181 Å². The second-order valence-corrected chi connectivity index (χ2v) is 8.30. The van der Waals surface area contributed by atoms with E-state index in [1.54, 1.807) is 24.1 Å². The first-order chi connectivity index (χ1) is 14.9. The lowest BCUT2D eigenvalue weighted by Crippen LogP contribution is -2.35. The van der Waals surface area contributed by atoms with Crippen LogP contribution in [0.1, 0.15) is 49.1 Å². The van der Waals surface area contributed by atoms with Gasteiger partial charge in [-0.25, -0.2) is 4.39 Å². The van der Waals surface area contributed by atoms with E-state index in [2.05, 4.69) is 11.4 Å². The number of carbonyl (C=O) groups excluding carboxylic acids is 1. The number of carbonyl (C=O) groups is 2. The van der Waals surface area contributed by atoms with Crippen molar-refractivity contribution in [1.82, 2.24) is 5.32 Å². The third-order valence-electron chi connectivity index (χ3n) is 6.31. The molecule has 1 fully saturated rings. The number of hydrogen-bond donors (Lipinski definition) is 2. The maximum atomic E-state index is 14.5. The molecule has 7 heteroatoms. The van der Waals surface area contributed by atoms with Gasteiger partial charge in [0.05, 0.1) is 12.8 Å². The zero-order chi connectivity index (χ0) is 22.0. The minimum Gasteiger partial charge on any atom is -0.497 e.